The van der Waals surface area contributed by atoms with E-state index in [1.807, 2.05) is 0 Å². The van der Waals surface area contributed by atoms with Gasteiger partial charge in [-0.05, 0) is 49.3 Å². The van der Waals surface area contributed by atoms with Crippen molar-refractivity contribution in [1.29, 1.82) is 0 Å². The highest BCUT2D eigenvalue weighted by molar-refractivity contribution is 6.38. The van der Waals surface area contributed by atoms with Crippen LogP contribution >= 0.6 is 0 Å². The van der Waals surface area contributed by atoms with Crippen LogP contribution in [-0.2, 0) is 25.6 Å². The summed E-state index contributed by atoms with van der Waals surface area (Å²) in [5.74, 6) is -7.47. The minimum Gasteiger partial charge on any atom is -0.507 e. The number of allylic oxidation sites excluding steroid dienone is 1. The van der Waals surface area contributed by atoms with Gasteiger partial charge in [-0.1, -0.05) is 5.16 Å². The standard InChI is InChI=1S/C24H25N3O8/c1-35-26-18-12-9-10-8-11-13(27-6-2-3-7-27)4-5-14(28)16(11)19(29)15(10)21(31)24(12,34)22(32)17(20(18)30)23(25)33/h4-5,10,12,28-30,34H,2-3,6-9H2,1H3,(H2,25,33)/b26-18-/t10?,12?,24-/m0/s1. The molecule has 1 aromatic carbocycles. The lowest BCUT2D eigenvalue weighted by atomic mass is 9.58. The van der Waals surface area contributed by atoms with Crippen molar-refractivity contribution in [3.05, 3.63) is 40.2 Å². The normalized spacial score (nSPS) is 29.3. The molecule has 1 saturated carbocycles. The van der Waals surface area contributed by atoms with Crippen LogP contribution in [0, 0.1) is 11.8 Å². The molecule has 11 heteroatoms. The number of oxime groups is 1. The van der Waals surface area contributed by atoms with E-state index in [-0.39, 0.29) is 35.4 Å². The Morgan fingerprint density at radius 1 is 1.14 bits per heavy atom. The Bertz CT molecular complexity index is 1270. The van der Waals surface area contributed by atoms with Gasteiger partial charge in [-0.15, -0.1) is 0 Å². The lowest BCUT2D eigenvalue weighted by Crippen LogP contribution is -2.64. The van der Waals surface area contributed by atoms with Gasteiger partial charge in [-0.25, -0.2) is 0 Å². The number of anilines is 1. The van der Waals surface area contributed by atoms with Crippen molar-refractivity contribution < 1.29 is 39.6 Å². The molecule has 0 spiro atoms. The fourth-order valence-corrected chi connectivity index (χ4v) is 5.93. The highest BCUT2D eigenvalue weighted by Crippen LogP contribution is 2.52. The molecule has 1 heterocycles. The topological polar surface area (TPSA) is 183 Å². The van der Waals surface area contributed by atoms with E-state index in [4.69, 9.17) is 10.6 Å². The fourth-order valence-electron chi connectivity index (χ4n) is 5.93. The van der Waals surface area contributed by atoms with E-state index in [2.05, 4.69) is 10.1 Å². The molecule has 1 aromatic rings. The van der Waals surface area contributed by atoms with Crippen molar-refractivity contribution in [3.8, 4) is 5.75 Å². The molecule has 6 N–H and O–H groups in total. The third kappa shape index (κ3) is 3.00. The Balaban J connectivity index is 1.71. The van der Waals surface area contributed by atoms with Crippen LogP contribution < -0.4 is 10.6 Å². The molecule has 0 radical (unpaired) electrons. The maximum atomic E-state index is 13.7. The first-order chi connectivity index (χ1) is 16.6. The first-order valence-electron chi connectivity index (χ1n) is 11.3. The molecule has 35 heavy (non-hydrogen) atoms. The number of ketones is 2. The van der Waals surface area contributed by atoms with Gasteiger partial charge in [0.05, 0.1) is 11.5 Å². The second-order valence-corrected chi connectivity index (χ2v) is 9.27. The Labute approximate surface area is 199 Å². The van der Waals surface area contributed by atoms with Gasteiger partial charge in [-0.2, -0.15) is 0 Å². The zero-order valence-corrected chi connectivity index (χ0v) is 18.9. The van der Waals surface area contributed by atoms with Crippen LogP contribution in [0.1, 0.15) is 30.4 Å². The molecule has 4 aliphatic rings. The van der Waals surface area contributed by atoms with Crippen molar-refractivity contribution in [3.63, 3.8) is 0 Å². The van der Waals surface area contributed by atoms with E-state index >= 15 is 0 Å². The molecule has 0 bridgehead atoms. The molecule has 184 valence electrons. The second-order valence-electron chi connectivity index (χ2n) is 9.27. The number of amides is 1. The van der Waals surface area contributed by atoms with E-state index in [1.165, 1.54) is 13.2 Å². The van der Waals surface area contributed by atoms with Gasteiger partial charge in [0.1, 0.15) is 29.9 Å². The molecule has 1 amide bonds. The number of hydrogen-bond donors (Lipinski definition) is 5. The zero-order chi connectivity index (χ0) is 25.2. The quantitative estimate of drug-likeness (QED) is 0.234. The summed E-state index contributed by atoms with van der Waals surface area (Å²) in [6.45, 7) is 1.63. The molecule has 1 aliphatic heterocycles. The summed E-state index contributed by atoms with van der Waals surface area (Å²) in [5, 5.41) is 47.6. The predicted molar refractivity (Wildman–Crippen MR) is 123 cm³/mol. The number of Topliss-reactive ketones (excluding diaryl/α,β-unsaturated/α-hetero) is 2. The van der Waals surface area contributed by atoms with Crippen molar-refractivity contribution in [2.45, 2.75) is 31.3 Å². The predicted octanol–water partition coefficient (Wildman–Crippen LogP) is 0.636. The van der Waals surface area contributed by atoms with E-state index in [0.29, 0.717) is 5.56 Å². The molecule has 5 rings (SSSR count). The molecular weight excluding hydrogens is 458 g/mol. The number of aliphatic hydroxyl groups is 3. The molecule has 2 fully saturated rings. The third-order valence-electron chi connectivity index (χ3n) is 7.50. The largest absolute Gasteiger partial charge is 0.507 e. The van der Waals surface area contributed by atoms with Crippen LogP contribution in [-0.4, -0.2) is 69.4 Å². The van der Waals surface area contributed by atoms with E-state index in [1.54, 1.807) is 6.07 Å². The Hall–Kier alpha value is -3.86. The van der Waals surface area contributed by atoms with Gasteiger partial charge in [0.25, 0.3) is 5.91 Å². The number of phenols is 1. The van der Waals surface area contributed by atoms with Gasteiger partial charge in [0.15, 0.2) is 11.4 Å². The van der Waals surface area contributed by atoms with Crippen LogP contribution in [0.4, 0.5) is 5.69 Å². The summed E-state index contributed by atoms with van der Waals surface area (Å²) >= 11 is 0. The van der Waals surface area contributed by atoms with Crippen molar-refractivity contribution in [2.24, 2.45) is 22.7 Å². The van der Waals surface area contributed by atoms with Crippen molar-refractivity contribution >= 4 is 34.6 Å². The average Bonchev–Trinajstić information content (AvgIpc) is 3.33. The van der Waals surface area contributed by atoms with Crippen LogP contribution in [0.25, 0.3) is 5.76 Å². The Morgan fingerprint density at radius 2 is 1.83 bits per heavy atom. The molecule has 3 aliphatic carbocycles. The summed E-state index contributed by atoms with van der Waals surface area (Å²) in [5.41, 5.74) is 2.44. The number of phenolic OH excluding ortho intramolecular Hbond substituents is 1. The maximum absolute atomic E-state index is 13.7. The zero-order valence-electron chi connectivity index (χ0n) is 18.9. The first kappa shape index (κ1) is 22.9. The Morgan fingerprint density at radius 3 is 2.46 bits per heavy atom. The number of aromatic hydroxyl groups is 1. The maximum Gasteiger partial charge on any atom is 0.256 e. The van der Waals surface area contributed by atoms with Crippen LogP contribution in [0.2, 0.25) is 0 Å². The number of fused-ring (bicyclic) bond motifs is 3. The second kappa shape index (κ2) is 7.84. The minimum absolute atomic E-state index is 0.0692. The summed E-state index contributed by atoms with van der Waals surface area (Å²) in [6, 6.07) is 3.21. The first-order valence-corrected chi connectivity index (χ1v) is 11.3. The van der Waals surface area contributed by atoms with Gasteiger partial charge in [0, 0.05) is 24.4 Å². The molecule has 2 unspecified atom stereocenters. The number of aliphatic hydroxyl groups excluding tert-OH is 2. The number of nitrogens with zero attached hydrogens (tertiary/aromatic N) is 2. The smallest absolute Gasteiger partial charge is 0.256 e. The number of carbonyl (C=O) groups excluding carboxylic acids is 3. The number of primary amides is 1. The van der Waals surface area contributed by atoms with Gasteiger partial charge >= 0.3 is 0 Å². The third-order valence-corrected chi connectivity index (χ3v) is 7.50. The number of nitrogens with two attached hydrogens (primary N) is 1. The van der Waals surface area contributed by atoms with Gasteiger partial charge < -0.3 is 35.9 Å². The SMILES string of the molecule is CO/N=C1\C(O)=C(C(N)=O)C(=O)[C@@]2(O)C(=O)C3=C(O)c4c(O)ccc(N5CCCC5)c4CC3CC12. The molecular formula is C24H25N3O8. The average molecular weight is 483 g/mol. The minimum atomic E-state index is -2.84. The van der Waals surface area contributed by atoms with E-state index < -0.39 is 52.0 Å². The highest BCUT2D eigenvalue weighted by atomic mass is 16.6. The monoisotopic (exact) mass is 483 g/mol. The molecule has 3 atom stereocenters. The molecule has 11 nitrogen and oxygen atoms in total. The summed E-state index contributed by atoms with van der Waals surface area (Å²) in [6.07, 6.45) is 2.17. The van der Waals surface area contributed by atoms with Gasteiger partial charge in [0.2, 0.25) is 11.6 Å². The number of rotatable bonds is 3. The van der Waals surface area contributed by atoms with Crippen LogP contribution in [0.15, 0.2) is 34.2 Å². The fraction of sp³-hybridized carbons (Fsp3) is 0.417. The summed E-state index contributed by atoms with van der Waals surface area (Å²) in [7, 11) is 1.17. The van der Waals surface area contributed by atoms with E-state index in [9.17, 15) is 34.8 Å². The van der Waals surface area contributed by atoms with Crippen molar-refractivity contribution in [1.82, 2.24) is 0 Å². The lowest BCUT2D eigenvalue weighted by Gasteiger charge is -2.45. The number of carbonyl (C=O) groups is 3. The van der Waals surface area contributed by atoms with Crippen LogP contribution in [0.3, 0.4) is 0 Å². The van der Waals surface area contributed by atoms with Gasteiger partial charge in [-0.3, -0.25) is 14.4 Å². The van der Waals surface area contributed by atoms with E-state index in [0.717, 1.165) is 31.6 Å². The Kier molecular flexibility index (Phi) is 5.13. The lowest BCUT2D eigenvalue weighted by molar-refractivity contribution is -0.153. The summed E-state index contributed by atoms with van der Waals surface area (Å²) in [4.78, 5) is 45.7. The number of hydrogen-bond acceptors (Lipinski definition) is 10. The highest BCUT2D eigenvalue weighted by Gasteiger charge is 2.64. The molecule has 1 saturated heterocycles. The van der Waals surface area contributed by atoms with Crippen molar-refractivity contribution in [2.75, 3.05) is 25.1 Å². The molecule has 0 aromatic heterocycles. The number of benzene rings is 1. The summed E-state index contributed by atoms with van der Waals surface area (Å²) < 4.78 is 0. The van der Waals surface area contributed by atoms with Crippen LogP contribution in [0.5, 0.6) is 5.75 Å².